The summed E-state index contributed by atoms with van der Waals surface area (Å²) >= 11 is 0. The Hall–Kier alpha value is -1.10. The average Bonchev–Trinajstić information content (AvgIpc) is 2.14. The van der Waals surface area contributed by atoms with E-state index in [1.165, 1.54) is 0 Å². The van der Waals surface area contributed by atoms with Gasteiger partial charge in [0.15, 0.2) is 0 Å². The van der Waals surface area contributed by atoms with Crippen LogP contribution in [0.1, 0.15) is 41.5 Å². The van der Waals surface area contributed by atoms with Crippen molar-refractivity contribution in [2.45, 2.75) is 53.1 Å². The Morgan fingerprint density at radius 1 is 1.00 bits per heavy atom. The van der Waals surface area contributed by atoms with Crippen LogP contribution in [-0.4, -0.2) is 36.5 Å². The first kappa shape index (κ1) is 16.9. The molecule has 0 rings (SSSR count). The van der Waals surface area contributed by atoms with E-state index in [0.29, 0.717) is 5.92 Å². The summed E-state index contributed by atoms with van der Waals surface area (Å²) in [5.41, 5.74) is -0.243. The number of rotatable bonds is 6. The zero-order valence-electron chi connectivity index (χ0n) is 12.4. The van der Waals surface area contributed by atoms with Gasteiger partial charge in [-0.2, -0.15) is 0 Å². The minimum atomic E-state index is -0.243. The van der Waals surface area contributed by atoms with Crippen LogP contribution < -0.4 is 16.0 Å². The molecule has 0 saturated carbocycles. The number of amides is 2. The molecule has 5 heteroatoms. The molecule has 0 bridgehead atoms. The highest BCUT2D eigenvalue weighted by Gasteiger charge is 2.14. The first-order valence-electron chi connectivity index (χ1n) is 6.43. The second-order valence-electron chi connectivity index (χ2n) is 6.00. The third-order valence-electron chi connectivity index (χ3n) is 2.47. The molecule has 0 aliphatic heterocycles. The van der Waals surface area contributed by atoms with Crippen molar-refractivity contribution in [3.05, 3.63) is 0 Å². The van der Waals surface area contributed by atoms with Crippen LogP contribution in [0, 0.1) is 5.92 Å². The third-order valence-corrected chi connectivity index (χ3v) is 2.47. The first-order chi connectivity index (χ1) is 8.11. The van der Waals surface area contributed by atoms with E-state index < -0.39 is 0 Å². The predicted octanol–water partition coefficient (Wildman–Crippen LogP) is 0.651. The molecular formula is C13H27N3O2. The highest BCUT2D eigenvalue weighted by molar-refractivity contribution is 5.81. The fraction of sp³-hybridized carbons (Fsp3) is 0.846. The van der Waals surface area contributed by atoms with Crippen molar-refractivity contribution in [2.24, 2.45) is 5.92 Å². The fourth-order valence-electron chi connectivity index (χ4n) is 1.22. The molecule has 0 aromatic rings. The minimum absolute atomic E-state index is 0.0836. The Balaban J connectivity index is 3.78. The highest BCUT2D eigenvalue weighted by Crippen LogP contribution is 1.99. The molecule has 2 amide bonds. The van der Waals surface area contributed by atoms with Crippen molar-refractivity contribution >= 4 is 11.8 Å². The Kier molecular flexibility index (Phi) is 6.91. The topological polar surface area (TPSA) is 70.2 Å². The van der Waals surface area contributed by atoms with E-state index in [0.717, 1.165) is 0 Å². The van der Waals surface area contributed by atoms with Gasteiger partial charge in [0.25, 0.3) is 0 Å². The SMILES string of the molecule is CC(C)C(C)NC(=O)CNCC(=O)NC(C)(C)C. The second-order valence-corrected chi connectivity index (χ2v) is 6.00. The lowest BCUT2D eigenvalue weighted by Gasteiger charge is -2.21. The molecule has 18 heavy (non-hydrogen) atoms. The van der Waals surface area contributed by atoms with Crippen LogP contribution >= 0.6 is 0 Å². The summed E-state index contributed by atoms with van der Waals surface area (Å²) in [6.07, 6.45) is 0. The molecule has 1 unspecified atom stereocenters. The van der Waals surface area contributed by atoms with Gasteiger partial charge >= 0.3 is 0 Å². The lowest BCUT2D eigenvalue weighted by atomic mass is 10.1. The van der Waals surface area contributed by atoms with Crippen molar-refractivity contribution in [1.82, 2.24) is 16.0 Å². The lowest BCUT2D eigenvalue weighted by molar-refractivity contribution is -0.122. The maximum atomic E-state index is 11.5. The Labute approximate surface area is 110 Å². The molecule has 1 atom stereocenters. The normalized spacial score (nSPS) is 13.3. The summed E-state index contributed by atoms with van der Waals surface area (Å²) in [4.78, 5) is 23.0. The molecule has 0 saturated heterocycles. The monoisotopic (exact) mass is 257 g/mol. The van der Waals surface area contributed by atoms with Crippen LogP contribution in [0.3, 0.4) is 0 Å². The van der Waals surface area contributed by atoms with E-state index in [-0.39, 0.29) is 36.5 Å². The van der Waals surface area contributed by atoms with Crippen molar-refractivity contribution in [2.75, 3.05) is 13.1 Å². The molecule has 3 N–H and O–H groups in total. The molecule has 0 aromatic heterocycles. The van der Waals surface area contributed by atoms with Gasteiger partial charge < -0.3 is 10.6 Å². The van der Waals surface area contributed by atoms with Gasteiger partial charge in [0, 0.05) is 11.6 Å². The summed E-state index contributed by atoms with van der Waals surface area (Å²) in [6.45, 7) is 12.1. The highest BCUT2D eigenvalue weighted by atomic mass is 16.2. The van der Waals surface area contributed by atoms with E-state index in [9.17, 15) is 9.59 Å². The Morgan fingerprint density at radius 2 is 1.50 bits per heavy atom. The summed E-state index contributed by atoms with van der Waals surface area (Å²) in [5.74, 6) is 0.213. The molecule has 0 fully saturated rings. The third kappa shape index (κ3) is 8.98. The maximum Gasteiger partial charge on any atom is 0.234 e. The van der Waals surface area contributed by atoms with E-state index >= 15 is 0 Å². The van der Waals surface area contributed by atoms with Gasteiger partial charge in [0.2, 0.25) is 11.8 Å². The van der Waals surface area contributed by atoms with Gasteiger partial charge in [-0.05, 0) is 33.6 Å². The molecule has 0 aliphatic carbocycles. The van der Waals surface area contributed by atoms with Gasteiger partial charge in [0.05, 0.1) is 13.1 Å². The largest absolute Gasteiger partial charge is 0.352 e. The summed E-state index contributed by atoms with van der Waals surface area (Å²) in [5, 5.41) is 8.51. The molecule has 5 nitrogen and oxygen atoms in total. The molecule has 0 radical (unpaired) electrons. The van der Waals surface area contributed by atoms with E-state index in [2.05, 4.69) is 29.8 Å². The maximum absolute atomic E-state index is 11.5. The van der Waals surface area contributed by atoms with Crippen molar-refractivity contribution in [3.8, 4) is 0 Å². The van der Waals surface area contributed by atoms with E-state index in [1.807, 2.05) is 27.7 Å². The van der Waals surface area contributed by atoms with Crippen molar-refractivity contribution < 1.29 is 9.59 Å². The number of nitrogens with one attached hydrogen (secondary N) is 3. The zero-order valence-corrected chi connectivity index (χ0v) is 12.4. The smallest absolute Gasteiger partial charge is 0.234 e. The van der Waals surface area contributed by atoms with Crippen molar-refractivity contribution in [3.63, 3.8) is 0 Å². The van der Waals surface area contributed by atoms with Gasteiger partial charge in [-0.25, -0.2) is 0 Å². The number of hydrogen-bond donors (Lipinski definition) is 3. The molecule has 0 heterocycles. The molecule has 106 valence electrons. The predicted molar refractivity (Wildman–Crippen MR) is 73.2 cm³/mol. The van der Waals surface area contributed by atoms with Crippen LogP contribution in [0.25, 0.3) is 0 Å². The van der Waals surface area contributed by atoms with E-state index in [1.54, 1.807) is 0 Å². The van der Waals surface area contributed by atoms with Crippen molar-refractivity contribution in [1.29, 1.82) is 0 Å². The Bertz CT molecular complexity index is 282. The quantitative estimate of drug-likeness (QED) is 0.654. The Morgan fingerprint density at radius 3 is 1.94 bits per heavy atom. The van der Waals surface area contributed by atoms with Crippen LogP contribution in [0.5, 0.6) is 0 Å². The molecular weight excluding hydrogens is 230 g/mol. The fourth-order valence-corrected chi connectivity index (χ4v) is 1.22. The van der Waals surface area contributed by atoms with Crippen LogP contribution in [0.2, 0.25) is 0 Å². The lowest BCUT2D eigenvalue weighted by Crippen LogP contribution is -2.47. The molecule has 0 spiro atoms. The van der Waals surface area contributed by atoms with Gasteiger partial charge in [-0.3, -0.25) is 14.9 Å². The van der Waals surface area contributed by atoms with Gasteiger partial charge in [-0.15, -0.1) is 0 Å². The van der Waals surface area contributed by atoms with Crippen LogP contribution in [-0.2, 0) is 9.59 Å². The number of carbonyl (C=O) groups excluding carboxylic acids is 2. The van der Waals surface area contributed by atoms with Gasteiger partial charge in [-0.1, -0.05) is 13.8 Å². The second kappa shape index (κ2) is 7.36. The first-order valence-corrected chi connectivity index (χ1v) is 6.43. The minimum Gasteiger partial charge on any atom is -0.352 e. The average molecular weight is 257 g/mol. The van der Waals surface area contributed by atoms with Gasteiger partial charge in [0.1, 0.15) is 0 Å². The molecule has 0 aromatic carbocycles. The van der Waals surface area contributed by atoms with Crippen LogP contribution in [0.4, 0.5) is 0 Å². The summed E-state index contributed by atoms with van der Waals surface area (Å²) in [6, 6.07) is 0.141. The standard InChI is InChI=1S/C13H27N3O2/c1-9(2)10(3)15-11(17)7-14-8-12(18)16-13(4,5)6/h9-10,14H,7-8H2,1-6H3,(H,15,17)(H,16,18). The number of hydrogen-bond acceptors (Lipinski definition) is 3. The summed E-state index contributed by atoms with van der Waals surface area (Å²) < 4.78 is 0. The van der Waals surface area contributed by atoms with Crippen LogP contribution in [0.15, 0.2) is 0 Å². The number of carbonyl (C=O) groups is 2. The van der Waals surface area contributed by atoms with E-state index in [4.69, 9.17) is 0 Å². The summed E-state index contributed by atoms with van der Waals surface area (Å²) in [7, 11) is 0. The zero-order chi connectivity index (χ0) is 14.3. The molecule has 0 aliphatic rings.